The molecule has 2 aromatic carbocycles. The molecule has 3 rings (SSSR count). The number of benzene rings is 2. The zero-order valence-corrected chi connectivity index (χ0v) is 18.9. The molecule has 176 valence electrons. The largest absolute Gasteiger partial charge is 0.480 e. The van der Waals surface area contributed by atoms with E-state index in [0.717, 1.165) is 22.3 Å². The maximum absolute atomic E-state index is 12.3. The van der Waals surface area contributed by atoms with Crippen LogP contribution in [0.4, 0.5) is 4.79 Å². The number of hydrogen-bond donors (Lipinski definition) is 3. The van der Waals surface area contributed by atoms with Gasteiger partial charge in [-0.3, -0.25) is 4.79 Å². The lowest BCUT2D eigenvalue weighted by molar-refractivity contribution is -0.144. The Kier molecular flexibility index (Phi) is 8.43. The second-order valence-corrected chi connectivity index (χ2v) is 7.95. The van der Waals surface area contributed by atoms with Crippen LogP contribution >= 0.6 is 0 Å². The van der Waals surface area contributed by atoms with Gasteiger partial charge in [0.05, 0.1) is 0 Å². The summed E-state index contributed by atoms with van der Waals surface area (Å²) in [5.74, 6) is -1.64. The van der Waals surface area contributed by atoms with Crippen molar-refractivity contribution >= 4 is 18.0 Å². The average molecular weight is 455 g/mol. The lowest BCUT2D eigenvalue weighted by Gasteiger charge is -2.19. The van der Waals surface area contributed by atoms with Crippen LogP contribution in [0.2, 0.25) is 0 Å². The normalized spacial score (nSPS) is 14.0. The minimum Gasteiger partial charge on any atom is -0.480 e. The standard InChI is InChI=1S/C25H30N2O6/c1-3-8-21(24(29)30)27-23(28)22(32-2)13-14-26-25(31)33-15-20-18-11-6-4-9-16(18)17-10-5-7-12-19(17)20/h4-7,9-12,20-22H,3,8,13-15H2,1-2H3,(H,26,31)(H,27,28)(H,29,30)/t21-,22?/m1/s1. The van der Waals surface area contributed by atoms with E-state index < -0.39 is 30.1 Å². The van der Waals surface area contributed by atoms with E-state index in [2.05, 4.69) is 22.8 Å². The molecule has 0 aromatic heterocycles. The number of carboxylic acid groups (broad SMARTS) is 1. The number of methoxy groups -OCH3 is 1. The molecule has 0 fully saturated rings. The second kappa shape index (κ2) is 11.5. The van der Waals surface area contributed by atoms with Crippen LogP contribution in [0.3, 0.4) is 0 Å². The van der Waals surface area contributed by atoms with Crippen molar-refractivity contribution in [3.8, 4) is 11.1 Å². The summed E-state index contributed by atoms with van der Waals surface area (Å²) in [4.78, 5) is 35.8. The summed E-state index contributed by atoms with van der Waals surface area (Å²) in [5, 5.41) is 14.3. The summed E-state index contributed by atoms with van der Waals surface area (Å²) in [6.07, 6.45) is -0.322. The Morgan fingerprint density at radius 1 is 1.00 bits per heavy atom. The van der Waals surface area contributed by atoms with Crippen LogP contribution < -0.4 is 10.6 Å². The van der Waals surface area contributed by atoms with Crippen LogP contribution in [0, 0.1) is 0 Å². The predicted octanol–water partition coefficient (Wildman–Crippen LogP) is 3.30. The van der Waals surface area contributed by atoms with Gasteiger partial charge in [0.1, 0.15) is 18.8 Å². The highest BCUT2D eigenvalue weighted by Gasteiger charge is 2.29. The van der Waals surface area contributed by atoms with E-state index in [1.807, 2.05) is 43.3 Å². The quantitative estimate of drug-likeness (QED) is 0.480. The van der Waals surface area contributed by atoms with E-state index in [1.165, 1.54) is 7.11 Å². The number of fused-ring (bicyclic) bond motifs is 3. The molecule has 1 unspecified atom stereocenters. The van der Waals surface area contributed by atoms with Gasteiger partial charge in [-0.25, -0.2) is 9.59 Å². The first-order chi connectivity index (χ1) is 16.0. The number of carboxylic acids is 1. The van der Waals surface area contributed by atoms with E-state index in [0.29, 0.717) is 12.8 Å². The highest BCUT2D eigenvalue weighted by Crippen LogP contribution is 2.44. The Morgan fingerprint density at radius 3 is 2.15 bits per heavy atom. The molecular weight excluding hydrogens is 424 g/mol. The van der Waals surface area contributed by atoms with E-state index in [1.54, 1.807) is 0 Å². The number of rotatable bonds is 11. The van der Waals surface area contributed by atoms with Gasteiger partial charge in [-0.1, -0.05) is 61.9 Å². The third-order valence-electron chi connectivity index (χ3n) is 5.79. The summed E-state index contributed by atoms with van der Waals surface area (Å²) in [6, 6.07) is 15.2. The van der Waals surface area contributed by atoms with Crippen LogP contribution in [-0.4, -0.2) is 55.5 Å². The molecule has 33 heavy (non-hydrogen) atoms. The second-order valence-electron chi connectivity index (χ2n) is 7.95. The van der Waals surface area contributed by atoms with Crippen LogP contribution in [0.15, 0.2) is 48.5 Å². The van der Waals surface area contributed by atoms with Gasteiger partial charge in [0, 0.05) is 26.0 Å². The van der Waals surface area contributed by atoms with Crippen LogP contribution in [0.5, 0.6) is 0 Å². The topological polar surface area (TPSA) is 114 Å². The minimum atomic E-state index is -1.09. The van der Waals surface area contributed by atoms with E-state index in [9.17, 15) is 19.5 Å². The van der Waals surface area contributed by atoms with Crippen molar-refractivity contribution in [1.29, 1.82) is 0 Å². The van der Waals surface area contributed by atoms with Crippen molar-refractivity contribution in [2.75, 3.05) is 20.3 Å². The van der Waals surface area contributed by atoms with Gasteiger partial charge in [0.15, 0.2) is 0 Å². The molecule has 0 bridgehead atoms. The highest BCUT2D eigenvalue weighted by molar-refractivity contribution is 5.86. The average Bonchev–Trinajstić information content (AvgIpc) is 3.13. The fraction of sp³-hybridized carbons (Fsp3) is 0.400. The lowest BCUT2D eigenvalue weighted by atomic mass is 9.98. The molecule has 0 saturated heterocycles. The number of carbonyl (C=O) groups excluding carboxylic acids is 2. The Labute approximate surface area is 193 Å². The summed E-state index contributed by atoms with van der Waals surface area (Å²) in [5.41, 5.74) is 4.56. The van der Waals surface area contributed by atoms with Gasteiger partial charge < -0.3 is 25.2 Å². The molecule has 2 aromatic rings. The number of nitrogens with one attached hydrogen (secondary N) is 2. The molecule has 0 spiro atoms. The van der Waals surface area contributed by atoms with Crippen molar-refractivity contribution in [2.45, 2.75) is 44.2 Å². The smallest absolute Gasteiger partial charge is 0.407 e. The Bertz CT molecular complexity index is 947. The van der Waals surface area contributed by atoms with Gasteiger partial charge >= 0.3 is 12.1 Å². The molecule has 2 atom stereocenters. The molecule has 2 amide bonds. The fourth-order valence-corrected chi connectivity index (χ4v) is 4.12. The monoisotopic (exact) mass is 454 g/mol. The molecule has 0 saturated carbocycles. The molecule has 8 heteroatoms. The van der Waals surface area contributed by atoms with Crippen molar-refractivity contribution < 1.29 is 29.0 Å². The molecule has 1 aliphatic carbocycles. The SMILES string of the molecule is CCC[C@@H](NC(=O)C(CCNC(=O)OCC1c2ccccc2-c2ccccc21)OC)C(=O)O. The van der Waals surface area contributed by atoms with Gasteiger partial charge in [0.2, 0.25) is 5.91 Å². The first-order valence-corrected chi connectivity index (χ1v) is 11.1. The predicted molar refractivity (Wildman–Crippen MR) is 123 cm³/mol. The molecule has 3 N–H and O–H groups in total. The van der Waals surface area contributed by atoms with Gasteiger partial charge in [-0.05, 0) is 28.7 Å². The van der Waals surface area contributed by atoms with Gasteiger partial charge in [-0.15, -0.1) is 0 Å². The molecule has 8 nitrogen and oxygen atoms in total. The maximum Gasteiger partial charge on any atom is 0.407 e. The first kappa shape index (κ1) is 24.3. The summed E-state index contributed by atoms with van der Waals surface area (Å²) < 4.78 is 10.6. The van der Waals surface area contributed by atoms with E-state index >= 15 is 0 Å². The maximum atomic E-state index is 12.3. The number of carbonyl (C=O) groups is 3. The Morgan fingerprint density at radius 2 is 1.61 bits per heavy atom. The van der Waals surface area contributed by atoms with Crippen molar-refractivity contribution in [2.24, 2.45) is 0 Å². The summed E-state index contributed by atoms with van der Waals surface area (Å²) in [7, 11) is 1.37. The molecular formula is C25H30N2O6. The minimum absolute atomic E-state index is 0.0350. The van der Waals surface area contributed by atoms with Crippen LogP contribution in [-0.2, 0) is 19.1 Å². The number of aliphatic carboxylic acids is 1. The highest BCUT2D eigenvalue weighted by atomic mass is 16.5. The summed E-state index contributed by atoms with van der Waals surface area (Å²) >= 11 is 0. The number of alkyl carbamates (subject to hydrolysis) is 1. The number of ether oxygens (including phenoxy) is 2. The van der Waals surface area contributed by atoms with Crippen molar-refractivity contribution in [3.63, 3.8) is 0 Å². The number of amides is 2. The molecule has 1 aliphatic rings. The lowest BCUT2D eigenvalue weighted by Crippen LogP contribution is -2.46. The first-order valence-electron chi connectivity index (χ1n) is 11.1. The molecule has 0 aliphatic heterocycles. The van der Waals surface area contributed by atoms with Crippen molar-refractivity contribution in [3.05, 3.63) is 59.7 Å². The Balaban J connectivity index is 1.49. The third kappa shape index (κ3) is 5.90. The molecule has 0 radical (unpaired) electrons. The molecule has 0 heterocycles. The van der Waals surface area contributed by atoms with Gasteiger partial charge in [0.25, 0.3) is 0 Å². The Hall–Kier alpha value is -3.39. The van der Waals surface area contributed by atoms with Crippen LogP contribution in [0.25, 0.3) is 11.1 Å². The summed E-state index contributed by atoms with van der Waals surface area (Å²) in [6.45, 7) is 2.19. The van der Waals surface area contributed by atoms with Crippen LogP contribution in [0.1, 0.15) is 43.2 Å². The van der Waals surface area contributed by atoms with E-state index in [4.69, 9.17) is 9.47 Å². The number of hydrogen-bond acceptors (Lipinski definition) is 5. The third-order valence-corrected chi connectivity index (χ3v) is 5.79. The van der Waals surface area contributed by atoms with E-state index in [-0.39, 0.29) is 25.5 Å². The zero-order chi connectivity index (χ0) is 23.8. The fourth-order valence-electron chi connectivity index (χ4n) is 4.12. The van der Waals surface area contributed by atoms with Gasteiger partial charge in [-0.2, -0.15) is 0 Å². The zero-order valence-electron chi connectivity index (χ0n) is 18.9. The van der Waals surface area contributed by atoms with Crippen molar-refractivity contribution in [1.82, 2.24) is 10.6 Å².